The Hall–Kier alpha value is -0.120. The first-order valence-electron chi connectivity index (χ1n) is 4.15. The number of aliphatic hydroxyl groups excluding tert-OH is 1. The SMILES string of the molecule is CC(CO)CN1CC(C)(N)C1. The first-order valence-corrected chi connectivity index (χ1v) is 4.15. The highest BCUT2D eigenvalue weighted by atomic mass is 16.3. The van der Waals surface area contributed by atoms with Gasteiger partial charge < -0.3 is 10.8 Å². The third-order valence-corrected chi connectivity index (χ3v) is 2.05. The molecule has 1 rings (SSSR count). The van der Waals surface area contributed by atoms with Crippen LogP contribution in [0.25, 0.3) is 0 Å². The fraction of sp³-hybridized carbons (Fsp3) is 1.00. The van der Waals surface area contributed by atoms with Crippen LogP contribution < -0.4 is 5.73 Å². The molecule has 0 saturated carbocycles. The molecule has 0 spiro atoms. The minimum Gasteiger partial charge on any atom is -0.396 e. The Bertz CT molecular complexity index is 128. The Labute approximate surface area is 68.2 Å². The Morgan fingerprint density at radius 1 is 1.64 bits per heavy atom. The van der Waals surface area contributed by atoms with Gasteiger partial charge >= 0.3 is 0 Å². The molecule has 3 nitrogen and oxygen atoms in total. The van der Waals surface area contributed by atoms with Crippen LogP contribution in [0.15, 0.2) is 0 Å². The molecule has 1 unspecified atom stereocenters. The van der Waals surface area contributed by atoms with Crippen molar-refractivity contribution in [2.45, 2.75) is 19.4 Å². The molecule has 1 heterocycles. The second-order valence-corrected chi connectivity index (χ2v) is 4.11. The molecule has 0 aliphatic carbocycles. The van der Waals surface area contributed by atoms with E-state index in [1.165, 1.54) is 0 Å². The maximum absolute atomic E-state index is 8.78. The summed E-state index contributed by atoms with van der Waals surface area (Å²) in [7, 11) is 0. The van der Waals surface area contributed by atoms with E-state index in [-0.39, 0.29) is 12.1 Å². The number of rotatable bonds is 3. The summed E-state index contributed by atoms with van der Waals surface area (Å²) in [5.74, 6) is 0.381. The quantitative estimate of drug-likeness (QED) is 0.590. The second kappa shape index (κ2) is 3.09. The zero-order valence-electron chi connectivity index (χ0n) is 7.38. The molecule has 0 amide bonds. The van der Waals surface area contributed by atoms with Crippen LogP contribution in [-0.4, -0.2) is 41.8 Å². The summed E-state index contributed by atoms with van der Waals surface area (Å²) in [6.07, 6.45) is 0. The van der Waals surface area contributed by atoms with E-state index < -0.39 is 0 Å². The largest absolute Gasteiger partial charge is 0.396 e. The van der Waals surface area contributed by atoms with Crippen molar-refractivity contribution in [3.8, 4) is 0 Å². The molecule has 0 radical (unpaired) electrons. The molecule has 1 saturated heterocycles. The van der Waals surface area contributed by atoms with Gasteiger partial charge in [-0.15, -0.1) is 0 Å². The first-order chi connectivity index (χ1) is 5.03. The van der Waals surface area contributed by atoms with E-state index in [4.69, 9.17) is 10.8 Å². The standard InChI is InChI=1S/C8H18N2O/c1-7(4-11)3-10-5-8(2,9)6-10/h7,11H,3-6,9H2,1-2H3. The van der Waals surface area contributed by atoms with Crippen LogP contribution in [0.1, 0.15) is 13.8 Å². The van der Waals surface area contributed by atoms with E-state index >= 15 is 0 Å². The summed E-state index contributed by atoms with van der Waals surface area (Å²) < 4.78 is 0. The Balaban J connectivity index is 2.13. The third-order valence-electron chi connectivity index (χ3n) is 2.05. The second-order valence-electron chi connectivity index (χ2n) is 4.11. The molecule has 0 aromatic heterocycles. The highest BCUT2D eigenvalue weighted by Crippen LogP contribution is 2.17. The van der Waals surface area contributed by atoms with Crippen molar-refractivity contribution in [3.63, 3.8) is 0 Å². The fourth-order valence-corrected chi connectivity index (χ4v) is 1.60. The molecular formula is C8H18N2O. The highest BCUT2D eigenvalue weighted by molar-refractivity contribution is 4.95. The van der Waals surface area contributed by atoms with Crippen LogP contribution in [0.2, 0.25) is 0 Å². The van der Waals surface area contributed by atoms with Gasteiger partial charge in [-0.2, -0.15) is 0 Å². The Morgan fingerprint density at radius 2 is 2.18 bits per heavy atom. The van der Waals surface area contributed by atoms with Gasteiger partial charge in [0.25, 0.3) is 0 Å². The molecule has 1 aliphatic heterocycles. The number of aliphatic hydroxyl groups is 1. The zero-order chi connectivity index (χ0) is 8.48. The molecule has 0 aromatic rings. The van der Waals surface area contributed by atoms with Crippen molar-refractivity contribution in [3.05, 3.63) is 0 Å². The number of hydrogen-bond donors (Lipinski definition) is 2. The number of hydrogen-bond acceptors (Lipinski definition) is 3. The van der Waals surface area contributed by atoms with E-state index in [1.807, 2.05) is 6.92 Å². The summed E-state index contributed by atoms with van der Waals surface area (Å²) in [6.45, 7) is 7.30. The van der Waals surface area contributed by atoms with Crippen molar-refractivity contribution < 1.29 is 5.11 Å². The lowest BCUT2D eigenvalue weighted by Crippen LogP contribution is -2.65. The molecule has 0 bridgehead atoms. The van der Waals surface area contributed by atoms with Crippen LogP contribution in [0.3, 0.4) is 0 Å². The van der Waals surface area contributed by atoms with Crippen LogP contribution in [0, 0.1) is 5.92 Å². The molecular weight excluding hydrogens is 140 g/mol. The van der Waals surface area contributed by atoms with E-state index in [1.54, 1.807) is 0 Å². The van der Waals surface area contributed by atoms with E-state index in [2.05, 4.69) is 11.8 Å². The summed E-state index contributed by atoms with van der Waals surface area (Å²) in [4.78, 5) is 2.28. The van der Waals surface area contributed by atoms with Crippen molar-refractivity contribution >= 4 is 0 Å². The minimum absolute atomic E-state index is 0.0230. The van der Waals surface area contributed by atoms with Crippen LogP contribution >= 0.6 is 0 Å². The summed E-state index contributed by atoms with van der Waals surface area (Å²) in [5, 5.41) is 8.78. The van der Waals surface area contributed by atoms with Gasteiger partial charge in [-0.25, -0.2) is 0 Å². The maximum atomic E-state index is 8.78. The number of likely N-dealkylation sites (tertiary alicyclic amines) is 1. The van der Waals surface area contributed by atoms with Gasteiger partial charge in [0.05, 0.1) is 0 Å². The smallest absolute Gasteiger partial charge is 0.0468 e. The molecule has 11 heavy (non-hydrogen) atoms. The molecule has 1 aliphatic rings. The van der Waals surface area contributed by atoms with E-state index in [0.717, 1.165) is 19.6 Å². The summed E-state index contributed by atoms with van der Waals surface area (Å²) >= 11 is 0. The minimum atomic E-state index is 0.0230. The molecule has 0 aromatic carbocycles. The number of nitrogens with zero attached hydrogens (tertiary/aromatic N) is 1. The van der Waals surface area contributed by atoms with Gasteiger partial charge in [0.15, 0.2) is 0 Å². The number of nitrogens with two attached hydrogens (primary N) is 1. The fourth-order valence-electron chi connectivity index (χ4n) is 1.60. The van der Waals surface area contributed by atoms with Crippen LogP contribution in [0.4, 0.5) is 0 Å². The van der Waals surface area contributed by atoms with E-state index in [9.17, 15) is 0 Å². The normalized spacial score (nSPS) is 26.2. The molecule has 1 atom stereocenters. The van der Waals surface area contributed by atoms with Crippen molar-refractivity contribution in [1.82, 2.24) is 4.90 Å². The lowest BCUT2D eigenvalue weighted by Gasteiger charge is -2.46. The van der Waals surface area contributed by atoms with Crippen molar-refractivity contribution in [1.29, 1.82) is 0 Å². The zero-order valence-corrected chi connectivity index (χ0v) is 7.38. The summed E-state index contributed by atoms with van der Waals surface area (Å²) in [6, 6.07) is 0. The Kier molecular flexibility index (Phi) is 2.52. The molecule has 66 valence electrons. The van der Waals surface area contributed by atoms with Gasteiger partial charge in [-0.05, 0) is 12.8 Å². The lowest BCUT2D eigenvalue weighted by molar-refractivity contribution is 0.0577. The average molecular weight is 158 g/mol. The topological polar surface area (TPSA) is 49.5 Å². The van der Waals surface area contributed by atoms with Gasteiger partial charge in [0.2, 0.25) is 0 Å². The van der Waals surface area contributed by atoms with Gasteiger partial charge in [0.1, 0.15) is 0 Å². The van der Waals surface area contributed by atoms with Crippen LogP contribution in [-0.2, 0) is 0 Å². The predicted molar refractivity (Wildman–Crippen MR) is 45.3 cm³/mol. The maximum Gasteiger partial charge on any atom is 0.0468 e. The predicted octanol–water partition coefficient (Wildman–Crippen LogP) is -0.352. The third kappa shape index (κ3) is 2.43. The highest BCUT2D eigenvalue weighted by Gasteiger charge is 2.34. The monoisotopic (exact) mass is 158 g/mol. The summed E-state index contributed by atoms with van der Waals surface area (Å²) in [5.41, 5.74) is 5.85. The lowest BCUT2D eigenvalue weighted by atomic mass is 9.93. The Morgan fingerprint density at radius 3 is 2.55 bits per heavy atom. The first kappa shape index (κ1) is 8.97. The molecule has 1 fully saturated rings. The average Bonchev–Trinajstić information content (AvgIpc) is 1.83. The molecule has 3 N–H and O–H groups in total. The van der Waals surface area contributed by atoms with Crippen molar-refractivity contribution in [2.75, 3.05) is 26.2 Å². The van der Waals surface area contributed by atoms with Crippen LogP contribution in [0.5, 0.6) is 0 Å². The van der Waals surface area contributed by atoms with Crippen molar-refractivity contribution in [2.24, 2.45) is 11.7 Å². The molecule has 3 heteroatoms. The van der Waals surface area contributed by atoms with Gasteiger partial charge in [0, 0.05) is 31.8 Å². The van der Waals surface area contributed by atoms with Gasteiger partial charge in [-0.3, -0.25) is 4.90 Å². The van der Waals surface area contributed by atoms with E-state index in [0.29, 0.717) is 5.92 Å². The van der Waals surface area contributed by atoms with Gasteiger partial charge in [-0.1, -0.05) is 6.92 Å².